The quantitative estimate of drug-likeness (QED) is 0.568. The molecule has 1 aliphatic rings. The molecule has 0 aromatic carbocycles. The third-order valence-corrected chi connectivity index (χ3v) is 7.25. The van der Waals surface area contributed by atoms with E-state index in [1.54, 1.807) is 7.05 Å². The molecule has 0 spiro atoms. The number of sulfonamides is 1. The molecular formula is C18H19N3O5S2. The summed E-state index contributed by atoms with van der Waals surface area (Å²) in [6, 6.07) is 5.14. The average molecular weight is 422 g/mol. The molecule has 0 saturated carbocycles. The molecule has 0 amide bonds. The second-order valence-corrected chi connectivity index (χ2v) is 9.37. The van der Waals surface area contributed by atoms with Crippen LogP contribution in [-0.2, 0) is 28.4 Å². The molecule has 1 aliphatic heterocycles. The van der Waals surface area contributed by atoms with E-state index >= 15 is 0 Å². The van der Waals surface area contributed by atoms with Crippen LogP contribution >= 0.6 is 11.3 Å². The van der Waals surface area contributed by atoms with E-state index in [-0.39, 0.29) is 17.2 Å². The van der Waals surface area contributed by atoms with E-state index < -0.39 is 16.0 Å². The third-order valence-electron chi connectivity index (χ3n) is 4.53. The van der Waals surface area contributed by atoms with Gasteiger partial charge in [-0.2, -0.15) is 4.31 Å². The Balaban J connectivity index is 1.45. The fourth-order valence-electron chi connectivity index (χ4n) is 3.06. The van der Waals surface area contributed by atoms with Crippen molar-refractivity contribution in [1.29, 1.82) is 0 Å². The highest BCUT2D eigenvalue weighted by Crippen LogP contribution is 2.25. The van der Waals surface area contributed by atoms with E-state index in [0.717, 1.165) is 17.7 Å². The minimum absolute atomic E-state index is 0.0624. The van der Waals surface area contributed by atoms with Crippen molar-refractivity contribution in [3.8, 4) is 10.8 Å². The number of hydrogen-bond acceptors (Lipinski definition) is 7. The van der Waals surface area contributed by atoms with Gasteiger partial charge < -0.3 is 13.7 Å². The van der Waals surface area contributed by atoms with Crippen molar-refractivity contribution in [2.45, 2.75) is 24.3 Å². The van der Waals surface area contributed by atoms with Gasteiger partial charge in [0.25, 0.3) is 0 Å². The van der Waals surface area contributed by atoms with Gasteiger partial charge in [-0.1, -0.05) is 6.07 Å². The van der Waals surface area contributed by atoms with E-state index in [1.807, 2.05) is 17.5 Å². The van der Waals surface area contributed by atoms with Crippen molar-refractivity contribution in [3.05, 3.63) is 47.4 Å². The minimum Gasteiger partial charge on any atom is -0.454 e. The number of oxazole rings is 1. The number of aryl methyl sites for hydroxylation is 1. The first-order valence-corrected chi connectivity index (χ1v) is 11.1. The van der Waals surface area contributed by atoms with Crippen LogP contribution in [0, 0.1) is 0 Å². The highest BCUT2D eigenvalue weighted by atomic mass is 32.2. The summed E-state index contributed by atoms with van der Waals surface area (Å²) in [5, 5.41) is 1.92. The fourth-order valence-corrected chi connectivity index (χ4v) is 5.30. The number of aromatic nitrogens is 2. The Morgan fingerprint density at radius 3 is 2.86 bits per heavy atom. The summed E-state index contributed by atoms with van der Waals surface area (Å²) in [4.78, 5) is 17.7. The lowest BCUT2D eigenvalue weighted by molar-refractivity contribution is 0.0456. The van der Waals surface area contributed by atoms with Crippen molar-refractivity contribution in [2.75, 3.05) is 13.1 Å². The van der Waals surface area contributed by atoms with Crippen molar-refractivity contribution in [1.82, 2.24) is 13.9 Å². The minimum atomic E-state index is -3.58. The van der Waals surface area contributed by atoms with E-state index in [4.69, 9.17) is 9.15 Å². The Hall–Kier alpha value is -2.43. The molecule has 0 aliphatic carbocycles. The lowest BCUT2D eigenvalue weighted by Gasteiger charge is -2.13. The maximum Gasteiger partial charge on any atom is 0.355 e. The molecule has 0 bridgehead atoms. The summed E-state index contributed by atoms with van der Waals surface area (Å²) in [6.45, 7) is 0.957. The largest absolute Gasteiger partial charge is 0.454 e. The predicted octanol–water partition coefficient (Wildman–Crippen LogP) is 2.88. The zero-order valence-electron chi connectivity index (χ0n) is 15.2. The number of hydrogen-bond donors (Lipinski definition) is 0. The van der Waals surface area contributed by atoms with Crippen LogP contribution in [0.3, 0.4) is 0 Å². The summed E-state index contributed by atoms with van der Waals surface area (Å²) in [7, 11) is -1.97. The van der Waals surface area contributed by atoms with Crippen LogP contribution in [0.1, 0.15) is 29.0 Å². The van der Waals surface area contributed by atoms with Gasteiger partial charge in [0.2, 0.25) is 15.9 Å². The van der Waals surface area contributed by atoms with Crippen LogP contribution < -0.4 is 0 Å². The van der Waals surface area contributed by atoms with E-state index in [0.29, 0.717) is 24.7 Å². The highest BCUT2D eigenvalue weighted by molar-refractivity contribution is 7.89. The van der Waals surface area contributed by atoms with Crippen LogP contribution in [0.2, 0.25) is 0 Å². The summed E-state index contributed by atoms with van der Waals surface area (Å²) >= 11 is 1.50. The first kappa shape index (κ1) is 18.9. The van der Waals surface area contributed by atoms with Gasteiger partial charge in [0.1, 0.15) is 29.2 Å². The predicted molar refractivity (Wildman–Crippen MR) is 102 cm³/mol. The van der Waals surface area contributed by atoms with Crippen molar-refractivity contribution >= 4 is 27.3 Å². The summed E-state index contributed by atoms with van der Waals surface area (Å²) < 4.78 is 38.9. The van der Waals surface area contributed by atoms with Gasteiger partial charge in [-0.05, 0) is 30.4 Å². The number of ether oxygens (including phenoxy) is 1. The van der Waals surface area contributed by atoms with Crippen LogP contribution in [-0.4, -0.2) is 41.3 Å². The summed E-state index contributed by atoms with van der Waals surface area (Å²) in [6.07, 6.45) is 4.59. The number of rotatable bonds is 6. The monoisotopic (exact) mass is 421 g/mol. The summed E-state index contributed by atoms with van der Waals surface area (Å²) in [5.74, 6) is -0.148. The number of thiophene rings is 1. The highest BCUT2D eigenvalue weighted by Gasteiger charge is 2.29. The molecule has 0 atom stereocenters. The number of esters is 1. The molecule has 0 N–H and O–H groups in total. The van der Waals surface area contributed by atoms with E-state index in [2.05, 4.69) is 4.98 Å². The third kappa shape index (κ3) is 3.62. The molecule has 28 heavy (non-hydrogen) atoms. The molecular weight excluding hydrogens is 402 g/mol. The lowest BCUT2D eigenvalue weighted by atomic mass is 10.4. The molecule has 0 unspecified atom stereocenters. The van der Waals surface area contributed by atoms with Gasteiger partial charge in [-0.3, -0.25) is 0 Å². The maximum absolute atomic E-state index is 12.7. The normalized spacial score (nSPS) is 15.2. The molecule has 1 fully saturated rings. The topological polar surface area (TPSA) is 94.6 Å². The van der Waals surface area contributed by atoms with Crippen molar-refractivity contribution < 1.29 is 22.4 Å². The zero-order chi connectivity index (χ0) is 19.7. The smallest absolute Gasteiger partial charge is 0.355 e. The van der Waals surface area contributed by atoms with E-state index in [1.165, 1.54) is 38.7 Å². The fraction of sp³-hybridized carbons (Fsp3) is 0.333. The van der Waals surface area contributed by atoms with Crippen LogP contribution in [0.15, 0.2) is 45.4 Å². The molecule has 1 saturated heterocycles. The van der Waals surface area contributed by atoms with Crippen LogP contribution in [0.5, 0.6) is 0 Å². The lowest BCUT2D eigenvalue weighted by Crippen LogP contribution is -2.27. The SMILES string of the molecule is Cn1cc(S(=O)(=O)N2CCCC2)cc1C(=O)OCc1coc(-c2cccs2)n1. The Labute approximate surface area is 166 Å². The second kappa shape index (κ2) is 7.53. The number of carbonyl (C=O) groups excluding carboxylic acids is 1. The second-order valence-electron chi connectivity index (χ2n) is 6.48. The van der Waals surface area contributed by atoms with Crippen LogP contribution in [0.25, 0.3) is 10.8 Å². The first-order chi connectivity index (χ1) is 13.4. The van der Waals surface area contributed by atoms with Gasteiger partial charge in [-0.15, -0.1) is 11.3 Å². The standard InChI is InChI=1S/C18H19N3O5S2/c1-20-10-14(28(23,24)21-6-2-3-7-21)9-15(20)18(22)26-12-13-11-25-17(19-13)16-5-4-8-27-16/h4-5,8-11H,2-3,6-7,12H2,1H3. The Kier molecular flexibility index (Phi) is 5.09. The van der Waals surface area contributed by atoms with Gasteiger partial charge in [0.15, 0.2) is 0 Å². The van der Waals surface area contributed by atoms with Crippen molar-refractivity contribution in [3.63, 3.8) is 0 Å². The molecule has 148 valence electrons. The van der Waals surface area contributed by atoms with Gasteiger partial charge in [0.05, 0.1) is 4.88 Å². The van der Waals surface area contributed by atoms with Gasteiger partial charge in [0, 0.05) is 26.3 Å². The molecule has 8 nitrogen and oxygen atoms in total. The molecule has 10 heteroatoms. The first-order valence-electron chi connectivity index (χ1n) is 8.77. The molecule has 0 radical (unpaired) electrons. The van der Waals surface area contributed by atoms with Crippen LogP contribution in [0.4, 0.5) is 0 Å². The molecule has 4 heterocycles. The number of nitrogens with zero attached hydrogens (tertiary/aromatic N) is 3. The molecule has 4 rings (SSSR count). The number of carbonyl (C=O) groups is 1. The Bertz CT molecular complexity index is 1080. The van der Waals surface area contributed by atoms with Crippen molar-refractivity contribution in [2.24, 2.45) is 7.05 Å². The molecule has 3 aromatic heterocycles. The zero-order valence-corrected chi connectivity index (χ0v) is 16.8. The average Bonchev–Trinajstić information content (AvgIpc) is 3.46. The van der Waals surface area contributed by atoms with Gasteiger partial charge >= 0.3 is 5.97 Å². The molecule has 3 aromatic rings. The van der Waals surface area contributed by atoms with Gasteiger partial charge in [-0.25, -0.2) is 18.2 Å². The summed E-state index contributed by atoms with van der Waals surface area (Å²) in [5.41, 5.74) is 0.649. The maximum atomic E-state index is 12.7. The van der Waals surface area contributed by atoms with E-state index in [9.17, 15) is 13.2 Å². The Morgan fingerprint density at radius 2 is 2.14 bits per heavy atom. The Morgan fingerprint density at radius 1 is 1.36 bits per heavy atom.